The molecule has 0 bridgehead atoms. The smallest absolute Gasteiger partial charge is 0.430 e. The van der Waals surface area contributed by atoms with Gasteiger partial charge in [-0.1, -0.05) is 45.6 Å². The van der Waals surface area contributed by atoms with Crippen molar-refractivity contribution in [3.63, 3.8) is 0 Å². The van der Waals surface area contributed by atoms with Crippen molar-refractivity contribution < 1.29 is 45.8 Å². The van der Waals surface area contributed by atoms with E-state index in [0.29, 0.717) is 19.1 Å². The Kier molecular flexibility index (Phi) is 10.6. The van der Waals surface area contributed by atoms with Crippen molar-refractivity contribution in [2.24, 2.45) is 0 Å². The zero-order valence-corrected chi connectivity index (χ0v) is 21.1. The van der Waals surface area contributed by atoms with E-state index in [2.05, 4.69) is 5.32 Å². The number of nitrogens with zero attached hydrogens (tertiary/aromatic N) is 1. The number of urea groups is 1. The number of carbonyl (C=O) groups excluding carboxylic acids is 2. The first-order valence-electron chi connectivity index (χ1n) is 11.7. The Morgan fingerprint density at radius 1 is 0.972 bits per heavy atom. The van der Waals surface area contributed by atoms with Crippen molar-refractivity contribution in [1.82, 2.24) is 10.2 Å². The molecule has 6 nitrogen and oxygen atoms in total. The highest BCUT2D eigenvalue weighted by molar-refractivity contribution is 6.06. The molecule has 1 fully saturated rings. The molecule has 0 atom stereocenters. The molecule has 1 aliphatic rings. The fourth-order valence-electron chi connectivity index (χ4n) is 3.35. The summed E-state index contributed by atoms with van der Waals surface area (Å²) in [6, 6.07) is 2.12. The van der Waals surface area contributed by atoms with Gasteiger partial charge in [-0.2, -0.15) is 26.3 Å². The van der Waals surface area contributed by atoms with E-state index in [1.54, 1.807) is 27.8 Å². The van der Waals surface area contributed by atoms with E-state index in [1.807, 2.05) is 6.92 Å². The van der Waals surface area contributed by atoms with Crippen molar-refractivity contribution in [3.8, 4) is 5.75 Å². The fourth-order valence-corrected chi connectivity index (χ4v) is 3.35. The van der Waals surface area contributed by atoms with Crippen LogP contribution in [-0.2, 0) is 16.8 Å². The number of aliphatic hydroxyl groups is 1. The predicted molar refractivity (Wildman–Crippen MR) is 121 cm³/mol. The molecule has 12 heteroatoms. The lowest BCUT2D eigenvalue weighted by Crippen LogP contribution is -2.53. The SMILES string of the molecule is CCCCCCOc1ccc(C(O)(C(F)(F)F)C(F)(F)F)cc1CCC.CN1C(=O)NC(=O)C1(C)C. The summed E-state index contributed by atoms with van der Waals surface area (Å²) < 4.78 is 83.7. The maximum absolute atomic E-state index is 13.0. The molecular weight excluding hydrogens is 494 g/mol. The predicted octanol–water partition coefficient (Wildman–Crippen LogP) is 5.86. The van der Waals surface area contributed by atoms with Crippen LogP contribution in [0.2, 0.25) is 0 Å². The molecular formula is C24H34F6N2O4. The largest absolute Gasteiger partial charge is 0.493 e. The number of halogens is 6. The molecule has 0 aromatic heterocycles. The molecule has 0 aliphatic carbocycles. The second kappa shape index (κ2) is 12.2. The van der Waals surface area contributed by atoms with Crippen LogP contribution >= 0.6 is 0 Å². The van der Waals surface area contributed by atoms with E-state index >= 15 is 0 Å². The molecule has 1 aromatic rings. The first kappa shape index (κ1) is 31.5. The number of nitrogens with one attached hydrogen (secondary N) is 1. The second-order valence-corrected chi connectivity index (χ2v) is 9.06. The number of hydrogen-bond acceptors (Lipinski definition) is 4. The minimum Gasteiger partial charge on any atom is -0.493 e. The molecule has 0 saturated carbocycles. The van der Waals surface area contributed by atoms with Crippen LogP contribution in [0, 0.1) is 0 Å². The van der Waals surface area contributed by atoms with Gasteiger partial charge in [0.25, 0.3) is 11.5 Å². The number of hydrogen-bond donors (Lipinski definition) is 2. The van der Waals surface area contributed by atoms with Crippen molar-refractivity contribution in [2.75, 3.05) is 13.7 Å². The maximum Gasteiger partial charge on any atom is 0.430 e. The molecule has 0 spiro atoms. The van der Waals surface area contributed by atoms with E-state index in [4.69, 9.17) is 4.74 Å². The summed E-state index contributed by atoms with van der Waals surface area (Å²) in [7, 11) is 1.60. The minimum atomic E-state index is -5.89. The zero-order valence-electron chi connectivity index (χ0n) is 21.1. The molecule has 1 saturated heterocycles. The molecule has 206 valence electrons. The monoisotopic (exact) mass is 528 g/mol. The average Bonchev–Trinajstić information content (AvgIpc) is 2.94. The van der Waals surface area contributed by atoms with Crippen LogP contribution < -0.4 is 10.1 Å². The molecule has 1 aliphatic heterocycles. The van der Waals surface area contributed by atoms with Crippen LogP contribution in [0.15, 0.2) is 18.2 Å². The number of imide groups is 1. The van der Waals surface area contributed by atoms with E-state index in [1.165, 1.54) is 4.90 Å². The third-order valence-corrected chi connectivity index (χ3v) is 5.99. The van der Waals surface area contributed by atoms with E-state index in [-0.39, 0.29) is 29.7 Å². The quantitative estimate of drug-likeness (QED) is 0.239. The summed E-state index contributed by atoms with van der Waals surface area (Å²) in [4.78, 5) is 23.1. The number of rotatable bonds is 9. The lowest BCUT2D eigenvalue weighted by atomic mass is 9.90. The third kappa shape index (κ3) is 7.04. The Bertz CT molecular complexity index is 886. The van der Waals surface area contributed by atoms with Gasteiger partial charge < -0.3 is 14.7 Å². The normalized spacial score (nSPS) is 15.9. The highest BCUT2D eigenvalue weighted by Gasteiger charge is 2.71. The first-order chi connectivity index (χ1) is 16.4. The number of ether oxygens (including phenoxy) is 1. The van der Waals surface area contributed by atoms with Crippen LogP contribution in [0.25, 0.3) is 0 Å². The van der Waals surface area contributed by atoms with Crippen molar-refractivity contribution in [2.45, 2.75) is 89.7 Å². The maximum atomic E-state index is 13.0. The van der Waals surface area contributed by atoms with Gasteiger partial charge in [0.1, 0.15) is 11.3 Å². The fraction of sp³-hybridized carbons (Fsp3) is 0.667. The number of benzene rings is 1. The second-order valence-electron chi connectivity index (χ2n) is 9.06. The zero-order chi connectivity index (χ0) is 27.9. The van der Waals surface area contributed by atoms with E-state index < -0.39 is 29.1 Å². The van der Waals surface area contributed by atoms with Gasteiger partial charge in [0, 0.05) is 12.6 Å². The Hall–Kier alpha value is -2.50. The Balaban J connectivity index is 0.000000537. The molecule has 0 radical (unpaired) electrons. The molecule has 2 rings (SSSR count). The number of likely N-dealkylation sites (N-methyl/N-ethyl adjacent to an activating group) is 1. The lowest BCUT2D eigenvalue weighted by Gasteiger charge is -2.33. The number of alkyl halides is 6. The molecule has 36 heavy (non-hydrogen) atoms. The van der Waals surface area contributed by atoms with Gasteiger partial charge in [-0.3, -0.25) is 10.1 Å². The van der Waals surface area contributed by atoms with Gasteiger partial charge in [0.2, 0.25) is 0 Å². The van der Waals surface area contributed by atoms with Crippen molar-refractivity contribution in [1.29, 1.82) is 0 Å². The third-order valence-electron chi connectivity index (χ3n) is 5.99. The standard InChI is InChI=1S/C18H24F6O2.C6H10N2O2/c1-3-5-6-7-11-26-15-10-9-14(12-13(15)8-4-2)16(25,17(19,20)21)18(22,23)24;1-6(2)4(9)7-5(10)8(6)3/h9-10,12,25H,3-8,11H2,1-2H3;1-3H3,(H,7,9,10). The molecule has 2 N–H and O–H groups in total. The van der Waals surface area contributed by atoms with Crippen LogP contribution in [-0.4, -0.2) is 53.5 Å². The van der Waals surface area contributed by atoms with Crippen LogP contribution in [0.4, 0.5) is 31.1 Å². The Labute approximate surface area is 207 Å². The highest BCUT2D eigenvalue weighted by atomic mass is 19.4. The van der Waals surface area contributed by atoms with Crippen LogP contribution in [0.3, 0.4) is 0 Å². The highest BCUT2D eigenvalue weighted by Crippen LogP contribution is 2.50. The van der Waals surface area contributed by atoms with Gasteiger partial charge in [-0.05, 0) is 44.4 Å². The number of amides is 3. The Morgan fingerprint density at radius 2 is 1.56 bits per heavy atom. The Morgan fingerprint density at radius 3 is 1.94 bits per heavy atom. The summed E-state index contributed by atoms with van der Waals surface area (Å²) in [5.41, 5.74) is -6.63. The summed E-state index contributed by atoms with van der Waals surface area (Å²) in [5.74, 6) is 0.0128. The number of carbonyl (C=O) groups is 2. The summed E-state index contributed by atoms with van der Waals surface area (Å²) in [6.45, 7) is 7.53. The van der Waals surface area contributed by atoms with Crippen molar-refractivity contribution >= 4 is 11.9 Å². The molecule has 1 heterocycles. The van der Waals surface area contributed by atoms with Gasteiger partial charge >= 0.3 is 18.4 Å². The van der Waals surface area contributed by atoms with Crippen LogP contribution in [0.1, 0.15) is 70.9 Å². The summed E-state index contributed by atoms with van der Waals surface area (Å²) in [5, 5.41) is 11.7. The summed E-state index contributed by atoms with van der Waals surface area (Å²) in [6.07, 6.45) is -7.31. The summed E-state index contributed by atoms with van der Waals surface area (Å²) >= 11 is 0. The van der Waals surface area contributed by atoms with Crippen molar-refractivity contribution in [3.05, 3.63) is 29.3 Å². The van der Waals surface area contributed by atoms with Gasteiger partial charge in [0.05, 0.1) is 6.61 Å². The molecule has 1 aromatic carbocycles. The van der Waals surface area contributed by atoms with Crippen LogP contribution in [0.5, 0.6) is 5.75 Å². The number of aryl methyl sites for hydroxylation is 1. The van der Waals surface area contributed by atoms with E-state index in [0.717, 1.165) is 37.8 Å². The van der Waals surface area contributed by atoms with Gasteiger partial charge in [0.15, 0.2) is 0 Å². The molecule has 0 unspecified atom stereocenters. The van der Waals surface area contributed by atoms with E-state index in [9.17, 15) is 41.0 Å². The lowest BCUT2D eigenvalue weighted by molar-refractivity contribution is -0.376. The van der Waals surface area contributed by atoms with Gasteiger partial charge in [-0.25, -0.2) is 4.79 Å². The topological polar surface area (TPSA) is 78.9 Å². The van der Waals surface area contributed by atoms with Gasteiger partial charge in [-0.15, -0.1) is 0 Å². The average molecular weight is 529 g/mol. The number of unbranched alkanes of at least 4 members (excludes halogenated alkanes) is 3. The molecule has 3 amide bonds. The first-order valence-corrected chi connectivity index (χ1v) is 11.7. The minimum absolute atomic E-state index is 0.215.